The van der Waals surface area contributed by atoms with Gasteiger partial charge >= 0.3 is 0 Å². The van der Waals surface area contributed by atoms with Crippen LogP contribution in [0.5, 0.6) is 5.75 Å². The van der Waals surface area contributed by atoms with Gasteiger partial charge in [-0.3, -0.25) is 19.4 Å². The summed E-state index contributed by atoms with van der Waals surface area (Å²) in [6.45, 7) is 2.08. The third-order valence-corrected chi connectivity index (χ3v) is 5.44. The van der Waals surface area contributed by atoms with Gasteiger partial charge in [-0.1, -0.05) is 6.07 Å². The first-order valence-electron chi connectivity index (χ1n) is 10.9. The van der Waals surface area contributed by atoms with Gasteiger partial charge in [-0.15, -0.1) is 0 Å². The molecule has 0 spiro atoms. The van der Waals surface area contributed by atoms with Gasteiger partial charge < -0.3 is 20.7 Å². The highest BCUT2D eigenvalue weighted by Gasteiger charge is 2.21. The third kappa shape index (κ3) is 4.69. The van der Waals surface area contributed by atoms with Gasteiger partial charge in [-0.05, 0) is 42.3 Å². The number of carbonyl (C=O) groups is 3. The summed E-state index contributed by atoms with van der Waals surface area (Å²) in [5.41, 5.74) is 2.38. The Balaban J connectivity index is 1.34. The SMILES string of the molecule is Cc1cc(CNC(=O)c2cc(C(=O)NCc3ccc4c(c3)NC(=O)CO4)nc3c(F)cnn23)ccn1. The first kappa shape index (κ1) is 22.9. The molecule has 36 heavy (non-hydrogen) atoms. The quantitative estimate of drug-likeness (QED) is 0.375. The molecule has 182 valence electrons. The number of nitrogens with one attached hydrogen (secondary N) is 3. The second kappa shape index (κ2) is 9.41. The van der Waals surface area contributed by atoms with Crippen molar-refractivity contribution in [2.45, 2.75) is 20.0 Å². The number of carbonyl (C=O) groups excluding carboxylic acids is 3. The predicted octanol–water partition coefficient (Wildman–Crippen LogP) is 1.76. The molecule has 1 aliphatic rings. The minimum atomic E-state index is -0.770. The van der Waals surface area contributed by atoms with Gasteiger partial charge in [0.25, 0.3) is 17.7 Å². The lowest BCUT2D eigenvalue weighted by Gasteiger charge is -2.18. The average molecular weight is 489 g/mol. The molecule has 0 bridgehead atoms. The smallest absolute Gasteiger partial charge is 0.270 e. The Morgan fingerprint density at radius 2 is 1.89 bits per heavy atom. The summed E-state index contributed by atoms with van der Waals surface area (Å²) < 4.78 is 20.7. The standard InChI is InChI=1S/C24H20FN7O4/c1-13-6-15(4-5-26-13)10-28-24(35)19-8-18(31-22-16(25)11-29-32(19)22)23(34)27-9-14-2-3-20-17(7-14)30-21(33)12-36-20/h2-8,11H,9-10,12H2,1H3,(H,27,34)(H,28,35)(H,30,33). The van der Waals surface area contributed by atoms with Crippen LogP contribution >= 0.6 is 0 Å². The van der Waals surface area contributed by atoms with Gasteiger partial charge in [0.1, 0.15) is 17.1 Å². The fraction of sp³-hybridized carbons (Fsp3) is 0.167. The maximum absolute atomic E-state index is 14.3. The van der Waals surface area contributed by atoms with E-state index >= 15 is 0 Å². The molecule has 3 N–H and O–H groups in total. The molecule has 0 fully saturated rings. The van der Waals surface area contributed by atoms with Crippen LogP contribution in [0.25, 0.3) is 5.65 Å². The van der Waals surface area contributed by atoms with Crippen LogP contribution in [0.3, 0.4) is 0 Å². The molecule has 0 radical (unpaired) electrons. The highest BCUT2D eigenvalue weighted by molar-refractivity contribution is 5.98. The Morgan fingerprint density at radius 3 is 2.69 bits per heavy atom. The van der Waals surface area contributed by atoms with Crippen LogP contribution < -0.4 is 20.7 Å². The molecular formula is C24H20FN7O4. The first-order chi connectivity index (χ1) is 17.4. The molecule has 4 heterocycles. The lowest BCUT2D eigenvalue weighted by Crippen LogP contribution is -2.29. The van der Waals surface area contributed by atoms with Crippen molar-refractivity contribution < 1.29 is 23.5 Å². The second-order valence-electron chi connectivity index (χ2n) is 8.09. The van der Waals surface area contributed by atoms with Crippen LogP contribution in [0.4, 0.5) is 10.1 Å². The third-order valence-electron chi connectivity index (χ3n) is 5.44. The Hall–Kier alpha value is -4.87. The van der Waals surface area contributed by atoms with Gasteiger partial charge in [0.2, 0.25) is 0 Å². The van der Waals surface area contributed by atoms with E-state index in [1.165, 1.54) is 6.07 Å². The minimum absolute atomic E-state index is 0.0477. The van der Waals surface area contributed by atoms with Crippen molar-refractivity contribution >= 4 is 29.1 Å². The van der Waals surface area contributed by atoms with Crippen molar-refractivity contribution in [3.8, 4) is 5.75 Å². The van der Waals surface area contributed by atoms with E-state index in [0.717, 1.165) is 22.0 Å². The van der Waals surface area contributed by atoms with Gasteiger partial charge in [0.15, 0.2) is 18.1 Å². The van der Waals surface area contributed by atoms with E-state index in [1.54, 1.807) is 30.5 Å². The Bertz CT molecular complexity index is 1520. The maximum Gasteiger partial charge on any atom is 0.270 e. The number of hydrogen-bond acceptors (Lipinski definition) is 7. The molecule has 0 unspecified atom stereocenters. The van der Waals surface area contributed by atoms with Crippen LogP contribution in [-0.2, 0) is 17.9 Å². The summed E-state index contributed by atoms with van der Waals surface area (Å²) in [6, 6.07) is 9.95. The van der Waals surface area contributed by atoms with Crippen LogP contribution in [0, 0.1) is 12.7 Å². The van der Waals surface area contributed by atoms with Crippen molar-refractivity contribution in [3.63, 3.8) is 0 Å². The summed E-state index contributed by atoms with van der Waals surface area (Å²) in [4.78, 5) is 45.5. The normalized spacial score (nSPS) is 12.4. The molecule has 3 aromatic heterocycles. The molecule has 5 rings (SSSR count). The number of fused-ring (bicyclic) bond motifs is 2. The van der Waals surface area contributed by atoms with Gasteiger partial charge in [-0.2, -0.15) is 5.10 Å². The van der Waals surface area contributed by atoms with Gasteiger partial charge in [-0.25, -0.2) is 13.9 Å². The highest BCUT2D eigenvalue weighted by atomic mass is 19.1. The monoisotopic (exact) mass is 489 g/mol. The second-order valence-corrected chi connectivity index (χ2v) is 8.09. The Morgan fingerprint density at radius 1 is 1.11 bits per heavy atom. The van der Waals surface area contributed by atoms with Crippen molar-refractivity contribution in [1.82, 2.24) is 30.2 Å². The van der Waals surface area contributed by atoms with Crippen molar-refractivity contribution in [3.05, 3.63) is 82.8 Å². The zero-order chi connectivity index (χ0) is 25.2. The van der Waals surface area contributed by atoms with E-state index in [-0.39, 0.29) is 42.6 Å². The summed E-state index contributed by atoms with van der Waals surface area (Å²) in [5, 5.41) is 12.0. The molecule has 3 amide bonds. The molecule has 0 aliphatic carbocycles. The lowest BCUT2D eigenvalue weighted by molar-refractivity contribution is -0.118. The molecule has 0 atom stereocenters. The van der Waals surface area contributed by atoms with E-state index in [0.29, 0.717) is 17.0 Å². The molecule has 11 nitrogen and oxygen atoms in total. The molecule has 1 aliphatic heterocycles. The number of anilines is 1. The van der Waals surface area contributed by atoms with Crippen LogP contribution in [0.2, 0.25) is 0 Å². The number of aryl methyl sites for hydroxylation is 1. The number of ether oxygens (including phenoxy) is 1. The molecule has 12 heteroatoms. The van der Waals surface area contributed by atoms with Crippen molar-refractivity contribution in [2.24, 2.45) is 0 Å². The average Bonchev–Trinajstić information content (AvgIpc) is 3.25. The molecule has 0 saturated heterocycles. The maximum atomic E-state index is 14.3. The Labute approximate surface area is 203 Å². The fourth-order valence-electron chi connectivity index (χ4n) is 3.71. The van der Waals surface area contributed by atoms with Crippen LogP contribution in [-0.4, -0.2) is 43.9 Å². The predicted molar refractivity (Wildman–Crippen MR) is 125 cm³/mol. The van der Waals surface area contributed by atoms with E-state index in [1.807, 2.05) is 13.0 Å². The van der Waals surface area contributed by atoms with Crippen molar-refractivity contribution in [1.29, 1.82) is 0 Å². The number of rotatable bonds is 6. The van der Waals surface area contributed by atoms with E-state index in [4.69, 9.17) is 4.74 Å². The minimum Gasteiger partial charge on any atom is -0.482 e. The number of benzene rings is 1. The fourth-order valence-corrected chi connectivity index (χ4v) is 3.71. The van der Waals surface area contributed by atoms with Gasteiger partial charge in [0, 0.05) is 31.0 Å². The number of halogens is 1. The lowest BCUT2D eigenvalue weighted by atomic mass is 10.1. The largest absolute Gasteiger partial charge is 0.482 e. The van der Waals surface area contributed by atoms with E-state index in [2.05, 4.69) is 31.0 Å². The topological polar surface area (TPSA) is 140 Å². The molecular weight excluding hydrogens is 469 g/mol. The number of pyridine rings is 1. The summed E-state index contributed by atoms with van der Waals surface area (Å²) >= 11 is 0. The summed E-state index contributed by atoms with van der Waals surface area (Å²) in [6.07, 6.45) is 2.56. The summed E-state index contributed by atoms with van der Waals surface area (Å²) in [7, 11) is 0. The van der Waals surface area contributed by atoms with Gasteiger partial charge in [0.05, 0.1) is 11.9 Å². The van der Waals surface area contributed by atoms with Crippen molar-refractivity contribution in [2.75, 3.05) is 11.9 Å². The zero-order valence-electron chi connectivity index (χ0n) is 19.0. The van der Waals surface area contributed by atoms with Crippen LogP contribution in [0.1, 0.15) is 37.8 Å². The number of aromatic nitrogens is 4. The molecule has 1 aromatic carbocycles. The highest BCUT2D eigenvalue weighted by Crippen LogP contribution is 2.28. The molecule has 4 aromatic rings. The number of nitrogens with zero attached hydrogens (tertiary/aromatic N) is 4. The zero-order valence-corrected chi connectivity index (χ0v) is 19.0. The van der Waals surface area contributed by atoms with E-state index < -0.39 is 17.6 Å². The number of amides is 3. The summed E-state index contributed by atoms with van der Waals surface area (Å²) in [5.74, 6) is -1.68. The molecule has 0 saturated carbocycles. The van der Waals surface area contributed by atoms with E-state index in [9.17, 15) is 18.8 Å². The van der Waals surface area contributed by atoms with Crippen LogP contribution in [0.15, 0.2) is 48.8 Å². The first-order valence-corrected chi connectivity index (χ1v) is 10.9. The number of hydrogen-bond donors (Lipinski definition) is 3. The Kier molecular flexibility index (Phi) is 5.98.